The highest BCUT2D eigenvalue weighted by atomic mass is 16.8. The molecule has 16 atom stereocenters. The van der Waals surface area contributed by atoms with Gasteiger partial charge in [-0.1, -0.05) is 46.3 Å². The normalized spacial score (nSPS) is 57.1. The maximum atomic E-state index is 12.7. The van der Waals surface area contributed by atoms with Crippen molar-refractivity contribution in [3.63, 3.8) is 0 Å². The van der Waals surface area contributed by atoms with Gasteiger partial charge in [0.05, 0.1) is 24.4 Å². The van der Waals surface area contributed by atoms with Gasteiger partial charge in [0.15, 0.2) is 18.2 Å². The van der Waals surface area contributed by atoms with Crippen LogP contribution in [-0.4, -0.2) is 93.4 Å². The van der Waals surface area contributed by atoms with Gasteiger partial charge in [-0.25, -0.2) is 0 Å². The summed E-state index contributed by atoms with van der Waals surface area (Å²) in [6, 6.07) is 0. The first kappa shape index (κ1) is 33.1. The molecule has 5 aliphatic carbocycles. The highest BCUT2D eigenvalue weighted by Crippen LogP contribution is 2.89. The Labute approximate surface area is 278 Å². The van der Waals surface area contributed by atoms with Crippen molar-refractivity contribution in [2.75, 3.05) is 6.61 Å². The number of carbonyl (C=O) groups is 1. The highest BCUT2D eigenvalue weighted by Gasteiger charge is 2.86. The van der Waals surface area contributed by atoms with Crippen LogP contribution in [0.4, 0.5) is 0 Å². The molecule has 0 unspecified atom stereocenters. The molecule has 3 aliphatic heterocycles. The van der Waals surface area contributed by atoms with Gasteiger partial charge in [-0.2, -0.15) is 0 Å². The zero-order valence-electron chi connectivity index (χ0n) is 29.3. The van der Waals surface area contributed by atoms with E-state index in [1.165, 1.54) is 12.5 Å². The smallest absolute Gasteiger partial charge is 0.303 e. The number of aliphatic hydroxyl groups excluding tert-OH is 3. The van der Waals surface area contributed by atoms with Crippen molar-refractivity contribution >= 4 is 5.97 Å². The topological polar surface area (TPSA) is 144 Å². The molecule has 3 spiro atoms. The minimum Gasteiger partial charge on any atom is -0.457 e. The average Bonchev–Trinajstić information content (AvgIpc) is 3.49. The van der Waals surface area contributed by atoms with E-state index >= 15 is 0 Å². The van der Waals surface area contributed by atoms with Gasteiger partial charge >= 0.3 is 5.97 Å². The van der Waals surface area contributed by atoms with Crippen molar-refractivity contribution in [1.82, 2.24) is 0 Å². The third-order valence-electron chi connectivity index (χ3n) is 15.5. The zero-order chi connectivity index (χ0) is 33.9. The van der Waals surface area contributed by atoms with Crippen LogP contribution in [0.15, 0.2) is 11.6 Å². The maximum Gasteiger partial charge on any atom is 0.303 e. The van der Waals surface area contributed by atoms with Crippen molar-refractivity contribution in [2.24, 2.45) is 44.8 Å². The minimum absolute atomic E-state index is 0.000188. The van der Waals surface area contributed by atoms with E-state index in [4.69, 9.17) is 23.7 Å². The maximum absolute atomic E-state index is 12.7. The first-order valence-electron chi connectivity index (χ1n) is 18.1. The number of aliphatic hydroxyl groups is 4. The van der Waals surface area contributed by atoms with Crippen LogP contribution in [0, 0.1) is 44.8 Å². The number of carbonyl (C=O) groups excluding carboxylic acids is 1. The van der Waals surface area contributed by atoms with Crippen LogP contribution in [0.5, 0.6) is 0 Å². The molecule has 264 valence electrons. The lowest BCUT2D eigenvalue weighted by Gasteiger charge is -2.60. The molecule has 47 heavy (non-hydrogen) atoms. The molecule has 4 saturated carbocycles. The molecule has 4 N–H and O–H groups in total. The first-order valence-corrected chi connectivity index (χ1v) is 18.1. The first-order chi connectivity index (χ1) is 21.8. The summed E-state index contributed by atoms with van der Waals surface area (Å²) in [6.07, 6.45) is 2.77. The van der Waals surface area contributed by atoms with Crippen molar-refractivity contribution in [3.8, 4) is 0 Å². The summed E-state index contributed by atoms with van der Waals surface area (Å²) in [4.78, 5) is 11.7. The summed E-state index contributed by atoms with van der Waals surface area (Å²) < 4.78 is 31.2. The van der Waals surface area contributed by atoms with Crippen LogP contribution < -0.4 is 0 Å². The largest absolute Gasteiger partial charge is 0.457 e. The van der Waals surface area contributed by atoms with Crippen LogP contribution in [0.2, 0.25) is 0 Å². The molecule has 0 aromatic carbocycles. The summed E-state index contributed by atoms with van der Waals surface area (Å²) in [5.41, 5.74) is -0.600. The Bertz CT molecular complexity index is 1370. The number of hydrogen-bond donors (Lipinski definition) is 4. The van der Waals surface area contributed by atoms with Crippen LogP contribution in [0.1, 0.15) is 100 Å². The summed E-state index contributed by atoms with van der Waals surface area (Å²) in [7, 11) is 0. The number of hydrogen-bond acceptors (Lipinski definition) is 10. The van der Waals surface area contributed by atoms with Crippen LogP contribution in [0.25, 0.3) is 0 Å². The molecule has 3 heterocycles. The summed E-state index contributed by atoms with van der Waals surface area (Å²) in [5.74, 6) is -1.07. The molecule has 0 amide bonds. The second kappa shape index (κ2) is 9.81. The predicted molar refractivity (Wildman–Crippen MR) is 168 cm³/mol. The van der Waals surface area contributed by atoms with E-state index in [-0.39, 0.29) is 52.3 Å². The van der Waals surface area contributed by atoms with E-state index in [1.54, 1.807) is 13.8 Å². The number of fused-ring (bicyclic) bond motifs is 4. The molecular weight excluding hydrogens is 604 g/mol. The third-order valence-corrected chi connectivity index (χ3v) is 15.5. The minimum atomic E-state index is -1.29. The fourth-order valence-electron chi connectivity index (χ4n) is 13.5. The highest BCUT2D eigenvalue weighted by molar-refractivity contribution is 5.66. The molecule has 3 saturated heterocycles. The van der Waals surface area contributed by atoms with E-state index in [0.29, 0.717) is 5.92 Å². The van der Waals surface area contributed by atoms with Gasteiger partial charge in [-0.05, 0) is 92.3 Å². The van der Waals surface area contributed by atoms with Gasteiger partial charge < -0.3 is 44.1 Å². The third kappa shape index (κ3) is 3.88. The van der Waals surface area contributed by atoms with E-state index < -0.39 is 59.6 Å². The second-order valence-electron chi connectivity index (χ2n) is 18.4. The lowest BCUT2D eigenvalue weighted by atomic mass is 9.44. The van der Waals surface area contributed by atoms with Crippen LogP contribution in [0.3, 0.4) is 0 Å². The average molecular weight is 661 g/mol. The molecular formula is C37H56O10. The molecule has 0 aromatic heterocycles. The molecule has 2 bridgehead atoms. The Hall–Kier alpha value is -1.11. The second-order valence-corrected chi connectivity index (χ2v) is 18.4. The van der Waals surface area contributed by atoms with Gasteiger partial charge in [-0.3, -0.25) is 4.79 Å². The van der Waals surface area contributed by atoms with Crippen LogP contribution >= 0.6 is 0 Å². The van der Waals surface area contributed by atoms with E-state index in [0.717, 1.165) is 44.9 Å². The van der Waals surface area contributed by atoms with E-state index in [1.807, 2.05) is 0 Å². The predicted octanol–water partition coefficient (Wildman–Crippen LogP) is 3.61. The fraction of sp³-hybridized carbons (Fsp3) is 0.919. The van der Waals surface area contributed by atoms with Crippen molar-refractivity contribution < 1.29 is 48.9 Å². The molecule has 0 aromatic rings. The van der Waals surface area contributed by atoms with E-state index in [9.17, 15) is 25.2 Å². The van der Waals surface area contributed by atoms with Gasteiger partial charge in [0.25, 0.3) is 0 Å². The Morgan fingerprint density at radius 1 is 1.06 bits per heavy atom. The Kier molecular flexibility index (Phi) is 6.90. The summed E-state index contributed by atoms with van der Waals surface area (Å²) in [5, 5.41) is 45.1. The number of esters is 1. The zero-order valence-corrected chi connectivity index (χ0v) is 29.3. The van der Waals surface area contributed by atoms with Crippen LogP contribution in [-0.2, 0) is 28.5 Å². The van der Waals surface area contributed by atoms with Gasteiger partial charge in [0.2, 0.25) is 0 Å². The Balaban J connectivity index is 1.10. The molecule has 7 fully saturated rings. The lowest BCUT2D eigenvalue weighted by Crippen LogP contribution is -2.59. The standard InChI is InChI=1S/C37H56O10/c1-18-15-21-28(32(5,6)42)47-37(46-21)27(18)33(7)13-14-36-17-35(36)12-11-24(45-29-25(40)26(44-19(2)38)20(39)16-43-29)31(3,4)22(35)9-10-23(36)34(33,8)30(37)41/h10,18,20-22,24-30,39-42H,9,11-17H2,1-8H3/t18-,20-,21-,22+,24+,25-,26+,27-,28-,29+,30-,33-,34-,35-,36+,37+/m1/s1. The number of ether oxygens (including phenoxy) is 5. The number of allylic oxidation sites excluding steroid dienone is 1. The van der Waals surface area contributed by atoms with Crippen molar-refractivity contribution in [3.05, 3.63) is 11.6 Å². The van der Waals surface area contributed by atoms with Gasteiger partial charge in [-0.15, -0.1) is 0 Å². The summed E-state index contributed by atoms with van der Waals surface area (Å²) in [6.45, 7) is 16.2. The molecule has 10 heteroatoms. The molecule has 8 rings (SSSR count). The summed E-state index contributed by atoms with van der Waals surface area (Å²) >= 11 is 0. The molecule has 8 aliphatic rings. The fourth-order valence-corrected chi connectivity index (χ4v) is 13.5. The monoisotopic (exact) mass is 660 g/mol. The van der Waals surface area contributed by atoms with Gasteiger partial charge in [0.1, 0.15) is 24.4 Å². The number of rotatable bonds is 4. The molecule has 0 radical (unpaired) electrons. The van der Waals surface area contributed by atoms with Gasteiger partial charge in [0, 0.05) is 18.3 Å². The SMILES string of the molecule is CC(=O)O[C@@H]1[C@@H](O)[C@H](O[C@H]2CC[C@]34C[C@]35CC[C@]3(C)[C@H]6[C@H](C)C[C@H]7O[C@@]6(O[C@H]7C(C)(C)O)[C@H](O)[C@@]3(C)C5=CC[C@H]4C2(C)C)OC[C@H]1O. The Morgan fingerprint density at radius 3 is 2.47 bits per heavy atom. The lowest BCUT2D eigenvalue weighted by molar-refractivity contribution is -0.302. The van der Waals surface area contributed by atoms with Crippen molar-refractivity contribution in [1.29, 1.82) is 0 Å². The van der Waals surface area contributed by atoms with E-state index in [2.05, 4.69) is 40.7 Å². The molecule has 10 nitrogen and oxygen atoms in total. The quantitative estimate of drug-likeness (QED) is 0.261. The van der Waals surface area contributed by atoms with Crippen molar-refractivity contribution in [2.45, 2.75) is 161 Å². The Morgan fingerprint density at radius 2 is 1.79 bits per heavy atom.